The van der Waals surface area contributed by atoms with E-state index in [0.717, 1.165) is 30.0 Å². The highest BCUT2D eigenvalue weighted by Crippen LogP contribution is 2.37. The number of benzene rings is 2. The number of amides is 1. The van der Waals surface area contributed by atoms with E-state index in [4.69, 9.17) is 4.74 Å². The largest absolute Gasteiger partial charge is 0.494 e. The van der Waals surface area contributed by atoms with Gasteiger partial charge in [-0.15, -0.1) is 0 Å². The molecular weight excluding hydrogens is 336 g/mol. The van der Waals surface area contributed by atoms with Gasteiger partial charge in [-0.25, -0.2) is 0 Å². The first-order valence-electron chi connectivity index (χ1n) is 9.95. The van der Waals surface area contributed by atoms with Crippen LogP contribution in [0.4, 0.5) is 5.69 Å². The van der Waals surface area contributed by atoms with Crippen molar-refractivity contribution in [3.05, 3.63) is 59.7 Å². The second-order valence-electron chi connectivity index (χ2n) is 7.39. The van der Waals surface area contributed by atoms with E-state index in [1.54, 1.807) is 4.90 Å². The second-order valence-corrected chi connectivity index (χ2v) is 7.39. The number of carbonyl (C=O) groups excluding carboxylic acids is 1. The molecule has 1 N–H and O–H groups in total. The maximum atomic E-state index is 12.8. The highest BCUT2D eigenvalue weighted by Gasteiger charge is 2.40. The van der Waals surface area contributed by atoms with Crippen LogP contribution in [0.15, 0.2) is 48.5 Å². The Balaban J connectivity index is 1.67. The third kappa shape index (κ3) is 4.10. The molecule has 1 aliphatic rings. The van der Waals surface area contributed by atoms with Crippen LogP contribution in [0.3, 0.4) is 0 Å². The van der Waals surface area contributed by atoms with Crippen LogP contribution in [-0.4, -0.2) is 24.5 Å². The van der Waals surface area contributed by atoms with Gasteiger partial charge in [-0.05, 0) is 43.2 Å². The molecule has 1 amide bonds. The van der Waals surface area contributed by atoms with Crippen molar-refractivity contribution in [3.8, 4) is 5.75 Å². The van der Waals surface area contributed by atoms with E-state index in [2.05, 4.69) is 12.2 Å². The molecule has 0 aliphatic carbocycles. The van der Waals surface area contributed by atoms with Crippen molar-refractivity contribution in [1.82, 2.24) is 4.90 Å². The van der Waals surface area contributed by atoms with Gasteiger partial charge in [0, 0.05) is 12.7 Å². The lowest BCUT2D eigenvalue weighted by molar-refractivity contribution is 0.0615. The Morgan fingerprint density at radius 1 is 1.00 bits per heavy atom. The minimum absolute atomic E-state index is 0.0271. The molecule has 1 heterocycles. The summed E-state index contributed by atoms with van der Waals surface area (Å²) in [6.45, 7) is 5.01. The molecule has 0 aromatic heterocycles. The molecule has 4 nitrogen and oxygen atoms in total. The fraction of sp³-hybridized carbons (Fsp3) is 0.435. The van der Waals surface area contributed by atoms with Crippen LogP contribution in [0.1, 0.15) is 61.9 Å². The molecule has 144 valence electrons. The fourth-order valence-corrected chi connectivity index (χ4v) is 3.55. The Labute approximate surface area is 162 Å². The summed E-state index contributed by atoms with van der Waals surface area (Å²) in [6, 6.07) is 15.7. The Morgan fingerprint density at radius 2 is 1.70 bits per heavy atom. The van der Waals surface area contributed by atoms with Gasteiger partial charge >= 0.3 is 0 Å². The molecule has 1 unspecified atom stereocenters. The number of nitrogens with zero attached hydrogens (tertiary/aromatic N) is 1. The van der Waals surface area contributed by atoms with Gasteiger partial charge in [0.2, 0.25) is 0 Å². The van der Waals surface area contributed by atoms with Crippen molar-refractivity contribution in [2.75, 3.05) is 19.0 Å². The normalized spacial score (nSPS) is 18.8. The molecular formula is C23H30N2O2. The van der Waals surface area contributed by atoms with Crippen molar-refractivity contribution in [2.45, 2.75) is 51.6 Å². The van der Waals surface area contributed by atoms with Crippen LogP contribution < -0.4 is 10.1 Å². The van der Waals surface area contributed by atoms with E-state index in [-0.39, 0.29) is 5.91 Å². The van der Waals surface area contributed by atoms with Gasteiger partial charge in [-0.1, -0.05) is 56.9 Å². The first-order chi connectivity index (χ1) is 13.1. The highest BCUT2D eigenvalue weighted by molar-refractivity contribution is 6.02. The number of para-hydroxylation sites is 1. The zero-order valence-corrected chi connectivity index (χ0v) is 16.6. The van der Waals surface area contributed by atoms with E-state index in [0.29, 0.717) is 5.56 Å². The molecule has 3 rings (SSSR count). The van der Waals surface area contributed by atoms with Gasteiger partial charge < -0.3 is 15.0 Å². The number of hydrogen-bond donors (Lipinski definition) is 1. The van der Waals surface area contributed by atoms with Crippen molar-refractivity contribution in [3.63, 3.8) is 0 Å². The summed E-state index contributed by atoms with van der Waals surface area (Å²) in [5.41, 5.74) is 2.02. The standard InChI is InChI=1S/C23H30N2O2/c1-4-5-6-7-10-17-27-19-15-13-18(14-16-19)23(2)24-21-12-9-8-11-20(21)22(26)25(23)3/h8-9,11-16,24H,4-7,10,17H2,1-3H3. The molecule has 2 aromatic rings. The minimum Gasteiger partial charge on any atom is -0.494 e. The second kappa shape index (κ2) is 8.47. The zero-order valence-electron chi connectivity index (χ0n) is 16.6. The van der Waals surface area contributed by atoms with Crippen molar-refractivity contribution in [2.24, 2.45) is 0 Å². The maximum absolute atomic E-state index is 12.8. The minimum atomic E-state index is -0.593. The van der Waals surface area contributed by atoms with Gasteiger partial charge in [0.15, 0.2) is 0 Å². The van der Waals surface area contributed by atoms with Crippen LogP contribution in [0, 0.1) is 0 Å². The molecule has 0 radical (unpaired) electrons. The Bertz CT molecular complexity index is 772. The molecule has 0 fully saturated rings. The predicted octanol–water partition coefficient (Wildman–Crippen LogP) is 5.41. The number of fused-ring (bicyclic) bond motifs is 1. The molecule has 2 aromatic carbocycles. The lowest BCUT2D eigenvalue weighted by atomic mass is 9.94. The first-order valence-corrected chi connectivity index (χ1v) is 9.95. The van der Waals surface area contributed by atoms with Crippen molar-refractivity contribution in [1.29, 1.82) is 0 Å². The lowest BCUT2D eigenvalue weighted by Crippen LogP contribution is -2.53. The first kappa shape index (κ1) is 19.3. The quantitative estimate of drug-likeness (QED) is 0.636. The third-order valence-corrected chi connectivity index (χ3v) is 5.44. The average Bonchev–Trinajstić information content (AvgIpc) is 2.69. The van der Waals surface area contributed by atoms with Crippen LogP contribution in [0.25, 0.3) is 0 Å². The summed E-state index contributed by atoms with van der Waals surface area (Å²) in [6.07, 6.45) is 6.16. The van der Waals surface area contributed by atoms with Gasteiger partial charge in [0.05, 0.1) is 12.2 Å². The van der Waals surface area contributed by atoms with Gasteiger partial charge in [0.25, 0.3) is 5.91 Å². The van der Waals surface area contributed by atoms with Crippen molar-refractivity contribution < 1.29 is 9.53 Å². The number of anilines is 1. The summed E-state index contributed by atoms with van der Waals surface area (Å²) >= 11 is 0. The molecule has 0 saturated carbocycles. The molecule has 0 spiro atoms. The van der Waals surface area contributed by atoms with Gasteiger partial charge in [-0.3, -0.25) is 4.79 Å². The van der Waals surface area contributed by atoms with Gasteiger partial charge in [-0.2, -0.15) is 0 Å². The Hall–Kier alpha value is -2.49. The summed E-state index contributed by atoms with van der Waals surface area (Å²) in [4.78, 5) is 14.5. The predicted molar refractivity (Wildman–Crippen MR) is 110 cm³/mol. The van der Waals surface area contributed by atoms with Crippen LogP contribution in [0.2, 0.25) is 0 Å². The number of rotatable bonds is 8. The molecule has 0 saturated heterocycles. The third-order valence-electron chi connectivity index (χ3n) is 5.44. The van der Waals surface area contributed by atoms with Crippen molar-refractivity contribution >= 4 is 11.6 Å². The van der Waals surface area contributed by atoms with Crippen LogP contribution >= 0.6 is 0 Å². The number of hydrogen-bond acceptors (Lipinski definition) is 3. The highest BCUT2D eigenvalue weighted by atomic mass is 16.5. The maximum Gasteiger partial charge on any atom is 0.257 e. The topological polar surface area (TPSA) is 41.6 Å². The Kier molecular flexibility index (Phi) is 6.04. The van der Waals surface area contributed by atoms with E-state index >= 15 is 0 Å². The van der Waals surface area contributed by atoms with Crippen LogP contribution in [0.5, 0.6) is 5.75 Å². The lowest BCUT2D eigenvalue weighted by Gasteiger charge is -2.44. The molecule has 0 bridgehead atoms. The summed E-state index contributed by atoms with van der Waals surface area (Å²) in [5, 5.41) is 3.53. The SMILES string of the molecule is CCCCCCCOc1ccc(C2(C)Nc3ccccc3C(=O)N2C)cc1. The number of unbranched alkanes of at least 4 members (excludes halogenated alkanes) is 4. The van der Waals surface area contributed by atoms with E-state index in [1.165, 1.54) is 25.7 Å². The van der Waals surface area contributed by atoms with E-state index in [9.17, 15) is 4.79 Å². The Morgan fingerprint density at radius 3 is 2.44 bits per heavy atom. The number of ether oxygens (including phenoxy) is 1. The summed E-state index contributed by atoms with van der Waals surface area (Å²) < 4.78 is 5.86. The van der Waals surface area contributed by atoms with Crippen LogP contribution in [-0.2, 0) is 5.66 Å². The molecule has 27 heavy (non-hydrogen) atoms. The number of carbonyl (C=O) groups is 1. The van der Waals surface area contributed by atoms with E-state index < -0.39 is 5.66 Å². The summed E-state index contributed by atoms with van der Waals surface area (Å²) in [5.74, 6) is 0.905. The average molecular weight is 367 g/mol. The van der Waals surface area contributed by atoms with Gasteiger partial charge in [0.1, 0.15) is 11.4 Å². The summed E-state index contributed by atoms with van der Waals surface area (Å²) in [7, 11) is 1.84. The zero-order chi connectivity index (χ0) is 19.3. The smallest absolute Gasteiger partial charge is 0.257 e. The molecule has 1 atom stereocenters. The monoisotopic (exact) mass is 366 g/mol. The molecule has 1 aliphatic heterocycles. The molecule has 4 heteroatoms. The fourth-order valence-electron chi connectivity index (χ4n) is 3.55. The number of nitrogens with one attached hydrogen (secondary N) is 1. The van der Waals surface area contributed by atoms with E-state index in [1.807, 2.05) is 62.5 Å².